The number of β-lactam (4-membered cyclic amide) rings is 1. The maximum atomic E-state index is 13.4. The van der Waals surface area contributed by atoms with Crippen molar-refractivity contribution in [3.05, 3.63) is 59.5 Å². The molecule has 0 aliphatic carbocycles. The first kappa shape index (κ1) is 29.8. The molecule has 4 N–H and O–H groups in total. The van der Waals surface area contributed by atoms with Crippen LogP contribution in [0.25, 0.3) is 0 Å². The van der Waals surface area contributed by atoms with Gasteiger partial charge in [0, 0.05) is 24.9 Å². The van der Waals surface area contributed by atoms with E-state index in [2.05, 4.69) is 20.9 Å². The van der Waals surface area contributed by atoms with E-state index in [1.807, 2.05) is 0 Å². The summed E-state index contributed by atoms with van der Waals surface area (Å²) in [4.78, 5) is 69.5. The molecule has 0 saturated carbocycles. The summed E-state index contributed by atoms with van der Waals surface area (Å²) < 4.78 is 4.72. The number of urea groups is 1. The average Bonchev–Trinajstić information content (AvgIpc) is 3.58. The van der Waals surface area contributed by atoms with E-state index in [9.17, 15) is 34.2 Å². The van der Waals surface area contributed by atoms with Gasteiger partial charge in [-0.25, -0.2) is 14.6 Å². The first-order valence-corrected chi connectivity index (χ1v) is 12.9. The van der Waals surface area contributed by atoms with Gasteiger partial charge < -0.3 is 30.4 Å². The van der Waals surface area contributed by atoms with Gasteiger partial charge >= 0.3 is 41.6 Å². The summed E-state index contributed by atoms with van der Waals surface area (Å²) in [6.07, 6.45) is 1.71. The number of carboxylic acid groups (broad SMARTS) is 1. The number of amides is 4. The molecule has 14 nitrogen and oxygen atoms in total. The number of hydrogen-bond acceptors (Lipinski definition) is 11. The van der Waals surface area contributed by atoms with Crippen molar-refractivity contribution in [1.82, 2.24) is 25.8 Å². The molecular formula is C24H23N6NaO8S. The van der Waals surface area contributed by atoms with E-state index in [4.69, 9.17) is 4.74 Å². The van der Waals surface area contributed by atoms with Crippen LogP contribution >= 0.6 is 11.8 Å². The number of carboxylic acids is 1. The van der Waals surface area contributed by atoms with Gasteiger partial charge in [0.25, 0.3) is 5.91 Å². The van der Waals surface area contributed by atoms with Crippen molar-refractivity contribution in [1.29, 1.82) is 0 Å². The number of carbonyl (C=O) groups is 5. The molecule has 16 heteroatoms. The number of cyclic esters (lactones) is 1. The number of nitrogens with zero attached hydrogens (tertiary/aromatic N) is 3. The zero-order valence-electron chi connectivity index (χ0n) is 21.2. The number of hydrogen-bond donors (Lipinski definition) is 4. The van der Waals surface area contributed by atoms with Crippen LogP contribution in [0.3, 0.4) is 0 Å². The number of nitrogens with one attached hydrogen (secondary N) is 3. The molecule has 0 radical (unpaired) electrons. The van der Waals surface area contributed by atoms with Crippen LogP contribution in [0.15, 0.2) is 58.9 Å². The minimum Gasteiger partial charge on any atom is -0.543 e. The average molecular weight is 579 g/mol. The third-order valence-corrected chi connectivity index (χ3v) is 7.84. The van der Waals surface area contributed by atoms with E-state index in [0.29, 0.717) is 12.1 Å². The Balaban J connectivity index is 0.00000370. The Labute approximate surface area is 254 Å². The number of fused-ring (bicyclic) bond motifs is 1. The molecule has 0 spiro atoms. The van der Waals surface area contributed by atoms with Crippen LogP contribution in [-0.4, -0.2) is 93.6 Å². The van der Waals surface area contributed by atoms with Gasteiger partial charge in [0.15, 0.2) is 6.29 Å². The number of benzene rings is 1. The Morgan fingerprint density at radius 2 is 2.00 bits per heavy atom. The maximum absolute atomic E-state index is 13.4. The molecule has 4 heterocycles. The van der Waals surface area contributed by atoms with E-state index in [1.165, 1.54) is 29.0 Å². The molecule has 2 saturated heterocycles. The fourth-order valence-corrected chi connectivity index (χ4v) is 5.91. The molecule has 0 bridgehead atoms. The van der Waals surface area contributed by atoms with Gasteiger partial charge in [-0.1, -0.05) is 30.3 Å². The maximum Gasteiger partial charge on any atom is 1.00 e. The zero-order chi connectivity index (χ0) is 27.7. The van der Waals surface area contributed by atoms with Gasteiger partial charge in [-0.15, -0.1) is 11.8 Å². The molecule has 0 aromatic heterocycles. The largest absolute Gasteiger partial charge is 1.00 e. The third kappa shape index (κ3) is 5.66. The molecule has 4 aliphatic rings. The molecule has 2 unspecified atom stereocenters. The van der Waals surface area contributed by atoms with Crippen LogP contribution in [0, 0.1) is 0 Å². The van der Waals surface area contributed by atoms with Crippen molar-refractivity contribution < 1.29 is 68.5 Å². The molecule has 204 valence electrons. The first-order valence-electron chi connectivity index (χ1n) is 11.9. The number of carbonyl (C=O) groups excluding carboxylic acids is 5. The minimum atomic E-state index is -1.59. The van der Waals surface area contributed by atoms with Crippen molar-refractivity contribution in [2.75, 3.05) is 25.4 Å². The number of aliphatic carboxylic acids is 1. The predicted molar refractivity (Wildman–Crippen MR) is 133 cm³/mol. The number of esters is 1. The van der Waals surface area contributed by atoms with Crippen molar-refractivity contribution in [2.45, 2.75) is 23.7 Å². The molecule has 4 atom stereocenters. The SMILES string of the molecule is O=C([O-])C1=C(CO)CS[C@@H]2C(NC(=O)[C@H](NC(=O)N3CCNC3N=C3C=COC3=O)c3ccccc3)C(=O)N12.[Na+]. The van der Waals surface area contributed by atoms with E-state index in [-0.39, 0.29) is 58.8 Å². The smallest absolute Gasteiger partial charge is 0.543 e. The monoisotopic (exact) mass is 578 g/mol. The predicted octanol–water partition coefficient (Wildman–Crippen LogP) is -5.46. The van der Waals surface area contributed by atoms with Crippen molar-refractivity contribution in [3.63, 3.8) is 0 Å². The van der Waals surface area contributed by atoms with Gasteiger partial charge in [0.2, 0.25) is 5.91 Å². The Kier molecular flexibility index (Phi) is 9.33. The second-order valence-corrected chi connectivity index (χ2v) is 9.94. The van der Waals surface area contributed by atoms with E-state index in [1.54, 1.807) is 30.3 Å². The Bertz CT molecular complexity index is 1320. The standard InChI is InChI=1S/C24H24N6O8S.Na/c31-10-13-11-39-20-16(19(33)30(20)17(13)21(34)35)27-18(32)15(12-4-2-1-3-5-12)28-24(37)29-8-7-25-23(29)26-14-6-9-38-22(14)36;/h1-6,9,15-16,20,23,25,31H,7-8,10-11H2,(H,27,32)(H,28,37)(H,34,35);/q;+1/p-1/t15-,16?,20-,23?;/m1./s1. The topological polar surface area (TPSA) is 193 Å². The van der Waals surface area contributed by atoms with Crippen LogP contribution in [0.2, 0.25) is 0 Å². The van der Waals surface area contributed by atoms with Gasteiger partial charge in [-0.2, -0.15) is 0 Å². The molecule has 4 amide bonds. The Morgan fingerprint density at radius 3 is 2.65 bits per heavy atom. The summed E-state index contributed by atoms with van der Waals surface area (Å²) >= 11 is 1.20. The number of aliphatic hydroxyl groups is 1. The zero-order valence-corrected chi connectivity index (χ0v) is 24.1. The molecule has 40 heavy (non-hydrogen) atoms. The van der Waals surface area contributed by atoms with Crippen molar-refractivity contribution in [2.24, 2.45) is 4.99 Å². The van der Waals surface area contributed by atoms with Gasteiger partial charge in [-0.3, -0.25) is 24.7 Å². The molecule has 1 aromatic carbocycles. The van der Waals surface area contributed by atoms with Gasteiger partial charge in [0.05, 0.1) is 24.5 Å². The summed E-state index contributed by atoms with van der Waals surface area (Å²) in [6.45, 7) is 0.0993. The van der Waals surface area contributed by atoms with Crippen molar-refractivity contribution >= 4 is 47.3 Å². The Morgan fingerprint density at radius 1 is 1.25 bits per heavy atom. The van der Waals surface area contributed by atoms with E-state index < -0.39 is 60.1 Å². The van der Waals surface area contributed by atoms with Gasteiger partial charge in [-0.05, 0) is 11.1 Å². The van der Waals surface area contributed by atoms with E-state index >= 15 is 0 Å². The van der Waals surface area contributed by atoms with Gasteiger partial charge in [0.1, 0.15) is 23.2 Å². The van der Waals surface area contributed by atoms with Crippen molar-refractivity contribution in [3.8, 4) is 0 Å². The molecule has 5 rings (SSSR count). The van der Waals surface area contributed by atoms with Crippen LogP contribution < -0.4 is 50.6 Å². The fraction of sp³-hybridized carbons (Fsp3) is 0.333. The quantitative estimate of drug-likeness (QED) is 0.138. The number of aliphatic imine (C=N–C) groups is 1. The summed E-state index contributed by atoms with van der Waals surface area (Å²) in [6, 6.07) is 5.49. The summed E-state index contributed by atoms with van der Waals surface area (Å²) in [5.41, 5.74) is 0.248. The van der Waals surface area contributed by atoms with Crippen LogP contribution in [-0.2, 0) is 23.9 Å². The fourth-order valence-electron chi connectivity index (χ4n) is 4.57. The first-order chi connectivity index (χ1) is 18.8. The van der Waals surface area contributed by atoms with E-state index in [0.717, 1.165) is 4.90 Å². The van der Waals surface area contributed by atoms with Crippen LogP contribution in [0.1, 0.15) is 11.6 Å². The third-order valence-electron chi connectivity index (χ3n) is 6.50. The number of rotatable bonds is 7. The molecule has 4 aliphatic heterocycles. The number of ether oxygens (including phenoxy) is 1. The Hall–Kier alpha value is -3.21. The normalized spacial score (nSPS) is 25.1. The molecular weight excluding hydrogens is 555 g/mol. The second kappa shape index (κ2) is 12.5. The minimum absolute atomic E-state index is 0. The summed E-state index contributed by atoms with van der Waals surface area (Å²) in [5, 5.41) is 28.7. The molecule has 2 fully saturated rings. The van der Waals surface area contributed by atoms with Crippen LogP contribution in [0.5, 0.6) is 0 Å². The molecule has 1 aromatic rings. The van der Waals surface area contributed by atoms with Crippen LogP contribution in [0.4, 0.5) is 4.79 Å². The second-order valence-electron chi connectivity index (χ2n) is 8.83. The number of thioether (sulfide) groups is 1. The summed E-state index contributed by atoms with van der Waals surface area (Å²) in [5.74, 6) is -3.44. The number of aliphatic hydroxyl groups excluding tert-OH is 1. The summed E-state index contributed by atoms with van der Waals surface area (Å²) in [7, 11) is 0.